The minimum atomic E-state index is -0.405. The first kappa shape index (κ1) is 18.3. The molecule has 21 heavy (non-hydrogen) atoms. The predicted molar refractivity (Wildman–Crippen MR) is 89.3 cm³/mol. The number of nitrogens with two attached hydrogens (primary N) is 1. The highest BCUT2D eigenvalue weighted by Gasteiger charge is 2.29. The Hall–Kier alpha value is -0.720. The van der Waals surface area contributed by atoms with Gasteiger partial charge >= 0.3 is 0 Å². The topological polar surface area (TPSA) is 58.8 Å². The zero-order chi connectivity index (χ0) is 16.0. The van der Waals surface area contributed by atoms with Gasteiger partial charge in [-0.2, -0.15) is 0 Å². The van der Waals surface area contributed by atoms with Crippen molar-refractivity contribution in [3.63, 3.8) is 0 Å². The summed E-state index contributed by atoms with van der Waals surface area (Å²) in [5.41, 5.74) is 5.44. The van der Waals surface area contributed by atoms with Gasteiger partial charge in [0.2, 0.25) is 5.91 Å². The Kier molecular flexibility index (Phi) is 7.03. The normalized spacial score (nSPS) is 18.6. The van der Waals surface area contributed by atoms with Crippen LogP contribution < -0.4 is 5.73 Å². The summed E-state index contributed by atoms with van der Waals surface area (Å²) in [5.74, 6) is 0.156. The number of rotatable bonds is 7. The highest BCUT2D eigenvalue weighted by atomic mass is 32.1. The first-order chi connectivity index (χ1) is 9.80. The summed E-state index contributed by atoms with van der Waals surface area (Å²) in [5, 5.41) is 0. The molecule has 0 aromatic heterocycles. The molecule has 1 aliphatic heterocycles. The molecular weight excluding hydrogens is 286 g/mol. The van der Waals surface area contributed by atoms with E-state index >= 15 is 0 Å². The average Bonchev–Trinajstić information content (AvgIpc) is 2.44. The minimum Gasteiger partial charge on any atom is -0.392 e. The second-order valence-electron chi connectivity index (χ2n) is 6.26. The molecule has 6 heteroatoms. The van der Waals surface area contributed by atoms with Gasteiger partial charge < -0.3 is 15.4 Å². The molecule has 0 saturated carbocycles. The van der Waals surface area contributed by atoms with Crippen LogP contribution in [0.1, 0.15) is 40.0 Å². The van der Waals surface area contributed by atoms with Gasteiger partial charge in [0.05, 0.1) is 23.1 Å². The molecule has 0 aromatic carbocycles. The third kappa shape index (κ3) is 5.52. The van der Waals surface area contributed by atoms with Gasteiger partial charge in [0, 0.05) is 33.3 Å². The third-order valence-electron chi connectivity index (χ3n) is 4.13. The molecule has 0 aliphatic carbocycles. The molecule has 1 saturated heterocycles. The molecule has 1 rings (SSSR count). The lowest BCUT2D eigenvalue weighted by Gasteiger charge is -2.39. The largest absolute Gasteiger partial charge is 0.392 e. The Bertz CT molecular complexity index is 366. The lowest BCUT2D eigenvalue weighted by molar-refractivity contribution is -0.138. The fourth-order valence-corrected chi connectivity index (χ4v) is 2.88. The van der Waals surface area contributed by atoms with Gasteiger partial charge in [-0.1, -0.05) is 25.6 Å². The summed E-state index contributed by atoms with van der Waals surface area (Å²) in [7, 11) is 1.64. The van der Waals surface area contributed by atoms with Gasteiger partial charge in [0.25, 0.3) is 0 Å². The van der Waals surface area contributed by atoms with Crippen molar-refractivity contribution < 1.29 is 9.53 Å². The lowest BCUT2D eigenvalue weighted by atomic mass is 10.0. The summed E-state index contributed by atoms with van der Waals surface area (Å²) < 4.78 is 5.33. The molecule has 0 aromatic rings. The van der Waals surface area contributed by atoms with Crippen molar-refractivity contribution in [3.05, 3.63) is 0 Å². The van der Waals surface area contributed by atoms with Crippen LogP contribution in [0.25, 0.3) is 0 Å². The van der Waals surface area contributed by atoms with Crippen LogP contribution in [0.15, 0.2) is 0 Å². The SMILES string of the molecule is CCCC(C(N)=S)N1CCN(C(=O)CC(C)(C)OC)CC1. The number of hydrogen-bond acceptors (Lipinski definition) is 4. The number of nitrogens with zero attached hydrogens (tertiary/aromatic N) is 2. The van der Waals surface area contributed by atoms with Crippen LogP contribution >= 0.6 is 12.2 Å². The zero-order valence-corrected chi connectivity index (χ0v) is 14.5. The van der Waals surface area contributed by atoms with Gasteiger partial charge in [-0.15, -0.1) is 0 Å². The highest BCUT2D eigenvalue weighted by molar-refractivity contribution is 7.80. The van der Waals surface area contributed by atoms with E-state index in [2.05, 4.69) is 11.8 Å². The van der Waals surface area contributed by atoms with Crippen LogP contribution in [-0.2, 0) is 9.53 Å². The van der Waals surface area contributed by atoms with Crippen molar-refractivity contribution in [1.29, 1.82) is 0 Å². The lowest BCUT2D eigenvalue weighted by Crippen LogP contribution is -2.55. The van der Waals surface area contributed by atoms with Crippen LogP contribution in [0, 0.1) is 0 Å². The molecule has 1 unspecified atom stereocenters. The fourth-order valence-electron chi connectivity index (χ4n) is 2.61. The molecule has 0 radical (unpaired) electrons. The summed E-state index contributed by atoms with van der Waals surface area (Å²) in [6.07, 6.45) is 2.46. The number of thiocarbonyl (C=S) groups is 1. The number of ether oxygens (including phenoxy) is 1. The number of hydrogen-bond donors (Lipinski definition) is 1. The monoisotopic (exact) mass is 315 g/mol. The van der Waals surface area contributed by atoms with Crippen molar-refractivity contribution in [2.75, 3.05) is 33.3 Å². The Morgan fingerprint density at radius 2 is 1.90 bits per heavy atom. The molecule has 0 bridgehead atoms. The van der Waals surface area contributed by atoms with E-state index in [1.54, 1.807) is 7.11 Å². The fraction of sp³-hybridized carbons (Fsp3) is 0.867. The van der Waals surface area contributed by atoms with E-state index in [0.29, 0.717) is 11.4 Å². The smallest absolute Gasteiger partial charge is 0.225 e. The van der Waals surface area contributed by atoms with Gasteiger partial charge in [0.15, 0.2) is 0 Å². The Labute approximate surface area is 133 Å². The first-order valence-corrected chi connectivity index (χ1v) is 8.08. The number of methoxy groups -OCH3 is 1. The molecule has 1 aliphatic rings. The molecule has 1 fully saturated rings. The summed E-state index contributed by atoms with van der Waals surface area (Å²) in [6, 6.07) is 0.165. The molecule has 122 valence electrons. The second kappa shape index (κ2) is 8.06. The molecule has 5 nitrogen and oxygen atoms in total. The number of amides is 1. The molecule has 1 heterocycles. The van der Waals surface area contributed by atoms with Gasteiger partial charge in [-0.05, 0) is 20.3 Å². The number of carbonyl (C=O) groups is 1. The molecule has 1 amide bonds. The quantitative estimate of drug-likeness (QED) is 0.720. The molecular formula is C15H29N3O2S. The van der Waals surface area contributed by atoms with E-state index in [9.17, 15) is 4.79 Å². The standard InChI is InChI=1S/C15H29N3O2S/c1-5-6-12(14(16)21)17-7-9-18(10-8-17)13(19)11-15(2,3)20-4/h12H,5-11H2,1-4H3,(H2,16,21). The Morgan fingerprint density at radius 1 is 1.33 bits per heavy atom. The van der Waals surface area contributed by atoms with E-state index in [-0.39, 0.29) is 11.9 Å². The minimum absolute atomic E-state index is 0.156. The zero-order valence-electron chi connectivity index (χ0n) is 13.7. The number of piperazine rings is 1. The van der Waals surface area contributed by atoms with Crippen molar-refractivity contribution in [1.82, 2.24) is 9.80 Å². The average molecular weight is 315 g/mol. The summed E-state index contributed by atoms with van der Waals surface area (Å²) >= 11 is 5.17. The maximum absolute atomic E-state index is 12.3. The van der Waals surface area contributed by atoms with Gasteiger partial charge in [0.1, 0.15) is 0 Å². The van der Waals surface area contributed by atoms with Crippen molar-refractivity contribution in [2.45, 2.75) is 51.7 Å². The maximum Gasteiger partial charge on any atom is 0.225 e. The van der Waals surface area contributed by atoms with Crippen LogP contribution in [0.3, 0.4) is 0 Å². The Morgan fingerprint density at radius 3 is 2.33 bits per heavy atom. The van der Waals surface area contributed by atoms with Crippen molar-refractivity contribution in [3.8, 4) is 0 Å². The maximum atomic E-state index is 12.3. The Balaban J connectivity index is 2.51. The van der Waals surface area contributed by atoms with Crippen LogP contribution in [0.5, 0.6) is 0 Å². The summed E-state index contributed by atoms with van der Waals surface area (Å²) in [6.45, 7) is 9.15. The van der Waals surface area contributed by atoms with Crippen molar-refractivity contribution >= 4 is 23.1 Å². The molecule has 2 N–H and O–H groups in total. The van der Waals surface area contributed by atoms with Gasteiger partial charge in [-0.3, -0.25) is 9.69 Å². The molecule has 1 atom stereocenters. The van der Waals surface area contributed by atoms with E-state index in [1.165, 1.54) is 0 Å². The van der Waals surface area contributed by atoms with E-state index in [1.807, 2.05) is 18.7 Å². The van der Waals surface area contributed by atoms with Gasteiger partial charge in [-0.25, -0.2) is 0 Å². The first-order valence-electron chi connectivity index (χ1n) is 7.67. The van der Waals surface area contributed by atoms with Crippen LogP contribution in [-0.4, -0.2) is 65.6 Å². The highest BCUT2D eigenvalue weighted by Crippen LogP contribution is 2.17. The van der Waals surface area contributed by atoms with Crippen molar-refractivity contribution in [2.24, 2.45) is 5.73 Å². The van der Waals surface area contributed by atoms with Crippen LogP contribution in [0.2, 0.25) is 0 Å². The predicted octanol–water partition coefficient (Wildman–Crippen LogP) is 1.40. The van der Waals surface area contributed by atoms with E-state index in [4.69, 9.17) is 22.7 Å². The summed E-state index contributed by atoms with van der Waals surface area (Å²) in [4.78, 5) is 17.1. The van der Waals surface area contributed by atoms with E-state index < -0.39 is 5.60 Å². The van der Waals surface area contributed by atoms with E-state index in [0.717, 1.165) is 39.0 Å². The van der Waals surface area contributed by atoms with Crippen LogP contribution in [0.4, 0.5) is 0 Å². The number of carbonyl (C=O) groups excluding carboxylic acids is 1. The third-order valence-corrected chi connectivity index (χ3v) is 4.40. The molecule has 0 spiro atoms. The second-order valence-corrected chi connectivity index (χ2v) is 6.74.